The molecule has 0 aliphatic carbocycles. The van der Waals surface area contributed by atoms with Gasteiger partial charge in [0.15, 0.2) is 0 Å². The van der Waals surface area contributed by atoms with E-state index in [0.717, 1.165) is 21.7 Å². The second-order valence-electron chi connectivity index (χ2n) is 4.28. The van der Waals surface area contributed by atoms with Crippen molar-refractivity contribution < 1.29 is 14.6 Å². The molecule has 0 fully saturated rings. The maximum Gasteiger partial charge on any atom is 0.347 e. The summed E-state index contributed by atoms with van der Waals surface area (Å²) < 4.78 is 5.00. The van der Waals surface area contributed by atoms with Crippen molar-refractivity contribution in [1.82, 2.24) is 4.98 Å². The van der Waals surface area contributed by atoms with Gasteiger partial charge >= 0.3 is 5.97 Å². The minimum atomic E-state index is -0.957. The number of hydrogen-bond acceptors (Lipinski definition) is 4. The van der Waals surface area contributed by atoms with E-state index < -0.39 is 5.97 Å². The third kappa shape index (κ3) is 2.67. The molecule has 0 radical (unpaired) electrons. The number of nitrogens with zero attached hydrogens (tertiary/aromatic N) is 1. The van der Waals surface area contributed by atoms with Gasteiger partial charge in [-0.2, -0.15) is 0 Å². The van der Waals surface area contributed by atoms with Crippen LogP contribution in [0.15, 0.2) is 18.2 Å². The van der Waals surface area contributed by atoms with Crippen LogP contribution in [0.3, 0.4) is 0 Å². The highest BCUT2D eigenvalue weighted by molar-refractivity contribution is 7.17. The molecule has 0 unspecified atom stereocenters. The molecule has 4 nitrogen and oxygen atoms in total. The predicted molar refractivity (Wildman–Crippen MR) is 74.7 cm³/mol. The lowest BCUT2D eigenvalue weighted by molar-refractivity contribution is 0.0697. The predicted octanol–water partition coefficient (Wildman–Crippen LogP) is 3.27. The lowest BCUT2D eigenvalue weighted by Gasteiger charge is -2.04. The fraction of sp³-hybridized carbons (Fsp3) is 0.286. The molecule has 100 valence electrons. The Labute approximate surface area is 115 Å². The summed E-state index contributed by atoms with van der Waals surface area (Å²) in [6.45, 7) is 4.26. The van der Waals surface area contributed by atoms with Gasteiger partial charge in [0.2, 0.25) is 0 Å². The Hall–Kier alpha value is -1.72. The number of methoxy groups -OCH3 is 1. The Kier molecular flexibility index (Phi) is 3.97. The molecule has 1 aromatic carbocycles. The van der Waals surface area contributed by atoms with E-state index in [1.54, 1.807) is 0 Å². The van der Waals surface area contributed by atoms with E-state index in [-0.39, 0.29) is 11.5 Å². The minimum absolute atomic E-state index is 0.211. The zero-order valence-corrected chi connectivity index (χ0v) is 11.9. The molecular weight excluding hydrogens is 262 g/mol. The van der Waals surface area contributed by atoms with Crippen molar-refractivity contribution in [1.29, 1.82) is 0 Å². The summed E-state index contributed by atoms with van der Waals surface area (Å²) >= 11 is 1.19. The van der Waals surface area contributed by atoms with Gasteiger partial charge in [-0.1, -0.05) is 18.2 Å². The summed E-state index contributed by atoms with van der Waals surface area (Å²) in [4.78, 5) is 15.9. The van der Waals surface area contributed by atoms with Gasteiger partial charge < -0.3 is 9.84 Å². The topological polar surface area (TPSA) is 59.4 Å². The number of aromatic carboxylic acids is 1. The van der Waals surface area contributed by atoms with Crippen LogP contribution in [0.5, 0.6) is 0 Å². The van der Waals surface area contributed by atoms with Crippen LogP contribution < -0.4 is 0 Å². The monoisotopic (exact) mass is 277 g/mol. The van der Waals surface area contributed by atoms with Crippen LogP contribution in [0.1, 0.15) is 26.5 Å². The highest BCUT2D eigenvalue weighted by atomic mass is 32.1. The third-order valence-electron chi connectivity index (χ3n) is 3.01. The molecule has 1 heterocycles. The molecule has 1 N–H and O–H groups in total. The van der Waals surface area contributed by atoms with Gasteiger partial charge in [-0.25, -0.2) is 9.78 Å². The van der Waals surface area contributed by atoms with Crippen molar-refractivity contribution in [2.75, 3.05) is 7.11 Å². The van der Waals surface area contributed by atoms with E-state index in [9.17, 15) is 9.90 Å². The average molecular weight is 277 g/mol. The van der Waals surface area contributed by atoms with Crippen LogP contribution in [0.4, 0.5) is 0 Å². The number of carboxylic acid groups (broad SMARTS) is 1. The molecule has 0 atom stereocenters. The van der Waals surface area contributed by atoms with E-state index in [0.29, 0.717) is 5.69 Å². The first kappa shape index (κ1) is 13.7. The van der Waals surface area contributed by atoms with Gasteiger partial charge in [-0.05, 0) is 25.0 Å². The summed E-state index contributed by atoms with van der Waals surface area (Å²) in [7, 11) is 1.53. The Morgan fingerprint density at radius 2 is 2.16 bits per heavy atom. The Morgan fingerprint density at radius 1 is 1.42 bits per heavy atom. The van der Waals surface area contributed by atoms with Crippen molar-refractivity contribution in [2.24, 2.45) is 0 Å². The molecule has 0 aliphatic heterocycles. The second-order valence-corrected chi connectivity index (χ2v) is 5.28. The number of thiazole rings is 1. The van der Waals surface area contributed by atoms with Crippen LogP contribution in [0, 0.1) is 13.8 Å². The van der Waals surface area contributed by atoms with Gasteiger partial charge in [0.05, 0.1) is 12.3 Å². The zero-order valence-electron chi connectivity index (χ0n) is 11.1. The standard InChI is InChI=1S/C14H15NO3S/c1-8-5-4-6-10(9(8)2)13-15-11(7-18-3)12(19-13)14(16)17/h4-6H,7H2,1-3H3,(H,16,17). The first-order valence-electron chi connectivity index (χ1n) is 5.83. The number of ether oxygens (including phenoxy) is 1. The van der Waals surface area contributed by atoms with E-state index >= 15 is 0 Å². The van der Waals surface area contributed by atoms with Gasteiger partial charge in [0.1, 0.15) is 9.88 Å². The summed E-state index contributed by atoms with van der Waals surface area (Å²) in [6.07, 6.45) is 0. The number of rotatable bonds is 4. The van der Waals surface area contributed by atoms with Crippen molar-refractivity contribution in [3.63, 3.8) is 0 Å². The summed E-state index contributed by atoms with van der Waals surface area (Å²) in [5.41, 5.74) is 3.75. The second kappa shape index (κ2) is 5.50. The van der Waals surface area contributed by atoms with Crippen molar-refractivity contribution in [3.8, 4) is 10.6 Å². The fourth-order valence-corrected chi connectivity index (χ4v) is 2.84. The Bertz CT molecular complexity index is 619. The van der Waals surface area contributed by atoms with Crippen LogP contribution in [0.2, 0.25) is 0 Å². The fourth-order valence-electron chi connectivity index (χ4n) is 1.85. The van der Waals surface area contributed by atoms with Crippen molar-refractivity contribution in [2.45, 2.75) is 20.5 Å². The third-order valence-corrected chi connectivity index (χ3v) is 4.13. The van der Waals surface area contributed by atoms with Crippen molar-refractivity contribution in [3.05, 3.63) is 39.9 Å². The van der Waals surface area contributed by atoms with Crippen LogP contribution in [-0.4, -0.2) is 23.2 Å². The van der Waals surface area contributed by atoms with Crippen LogP contribution >= 0.6 is 11.3 Å². The lowest BCUT2D eigenvalue weighted by Crippen LogP contribution is -1.99. The number of carboxylic acids is 1. The first-order chi connectivity index (χ1) is 9.04. The minimum Gasteiger partial charge on any atom is -0.477 e. The molecular formula is C14H15NO3S. The zero-order chi connectivity index (χ0) is 14.0. The average Bonchev–Trinajstić information content (AvgIpc) is 2.77. The summed E-state index contributed by atoms with van der Waals surface area (Å²) in [6, 6.07) is 5.94. The van der Waals surface area contributed by atoms with Gasteiger partial charge in [0, 0.05) is 12.7 Å². The highest BCUT2D eigenvalue weighted by Gasteiger charge is 2.19. The van der Waals surface area contributed by atoms with Gasteiger partial charge in [0.25, 0.3) is 0 Å². The first-order valence-corrected chi connectivity index (χ1v) is 6.64. The van der Waals surface area contributed by atoms with E-state index in [4.69, 9.17) is 4.74 Å². The molecule has 2 rings (SSSR count). The number of carbonyl (C=O) groups is 1. The molecule has 19 heavy (non-hydrogen) atoms. The van der Waals surface area contributed by atoms with E-state index in [1.807, 2.05) is 32.0 Å². The maximum absolute atomic E-state index is 11.2. The quantitative estimate of drug-likeness (QED) is 0.931. The number of aryl methyl sites for hydroxylation is 1. The Balaban J connectivity index is 2.54. The molecule has 0 bridgehead atoms. The molecule has 0 spiro atoms. The SMILES string of the molecule is COCc1nc(-c2cccc(C)c2C)sc1C(=O)O. The molecule has 1 aromatic heterocycles. The number of aromatic nitrogens is 1. The van der Waals surface area contributed by atoms with E-state index in [1.165, 1.54) is 18.4 Å². The van der Waals surface area contributed by atoms with Gasteiger partial charge in [-0.15, -0.1) is 11.3 Å². The maximum atomic E-state index is 11.2. The van der Waals surface area contributed by atoms with E-state index in [2.05, 4.69) is 4.98 Å². The summed E-state index contributed by atoms with van der Waals surface area (Å²) in [5, 5.41) is 9.92. The Morgan fingerprint density at radius 3 is 2.79 bits per heavy atom. The number of benzene rings is 1. The normalized spacial score (nSPS) is 10.7. The summed E-state index contributed by atoms with van der Waals surface area (Å²) in [5.74, 6) is -0.957. The molecule has 0 aliphatic rings. The number of hydrogen-bond donors (Lipinski definition) is 1. The molecule has 0 saturated carbocycles. The highest BCUT2D eigenvalue weighted by Crippen LogP contribution is 2.31. The molecule has 2 aromatic rings. The lowest BCUT2D eigenvalue weighted by atomic mass is 10.0. The molecule has 5 heteroatoms. The molecule has 0 amide bonds. The van der Waals surface area contributed by atoms with Gasteiger partial charge in [-0.3, -0.25) is 0 Å². The molecule has 0 saturated heterocycles. The largest absolute Gasteiger partial charge is 0.477 e. The smallest absolute Gasteiger partial charge is 0.347 e. The van der Waals surface area contributed by atoms with Crippen LogP contribution in [0.25, 0.3) is 10.6 Å². The van der Waals surface area contributed by atoms with Crippen molar-refractivity contribution >= 4 is 17.3 Å². The van der Waals surface area contributed by atoms with Crippen LogP contribution in [-0.2, 0) is 11.3 Å².